The van der Waals surface area contributed by atoms with Crippen LogP contribution in [0.5, 0.6) is 0 Å². The maximum absolute atomic E-state index is 9.75. The van der Waals surface area contributed by atoms with Crippen molar-refractivity contribution in [2.45, 2.75) is 74.0 Å². The zero-order valence-electron chi connectivity index (χ0n) is 30.2. The number of nitrogens with zero attached hydrogens (tertiary/aromatic N) is 2. The molecule has 0 saturated carbocycles. The molecule has 1 aromatic heterocycles. The van der Waals surface area contributed by atoms with Crippen molar-refractivity contribution in [3.8, 4) is 0 Å². The standard InChI is InChI=1S/C36H34N2P2.C8H12.BF4.Rh/c1-5-13-27(14-6-1)31-21-22-32(28-15-7-2-8-16-28)39(31)35-36(38-26-25-37-35)40-33(29-17-9-3-10-18-29)23-24-34(40)30-19-11-4-12-20-30;1-2-4-6-8-7-5-3-1;2-1(3,4)5;/h1-20,25-26,31-34H,21-24H2;1-2,7-8H,3-6H2;;/q;;-1;/b;2-1-,8-7?;;/t31-,32-,33-,34-;;;/m1.../s1. The van der Waals surface area contributed by atoms with E-state index in [1.165, 1.54) is 84.5 Å². The normalized spacial score (nSPS) is 22.0. The monoisotopic (exact) mass is 854 g/mol. The quantitative estimate of drug-likeness (QED) is 0.0736. The van der Waals surface area contributed by atoms with Crippen molar-refractivity contribution in [2.75, 3.05) is 0 Å². The molecule has 0 N–H and O–H groups in total. The molecule has 1 aliphatic carbocycles. The number of hydrogen-bond donors (Lipinski definition) is 0. The van der Waals surface area contributed by atoms with Crippen LogP contribution in [0.25, 0.3) is 0 Å². The minimum Gasteiger partial charge on any atom is -0.418 e. The van der Waals surface area contributed by atoms with Crippen LogP contribution in [0, 0.1) is 0 Å². The molecule has 2 fully saturated rings. The average molecular weight is 855 g/mol. The number of aromatic nitrogens is 2. The first-order valence-electron chi connectivity index (χ1n) is 18.6. The van der Waals surface area contributed by atoms with E-state index in [-0.39, 0.29) is 19.5 Å². The van der Waals surface area contributed by atoms with Gasteiger partial charge in [0.2, 0.25) is 0 Å². The van der Waals surface area contributed by atoms with E-state index in [1.54, 1.807) is 0 Å². The Morgan fingerprint density at radius 1 is 0.407 bits per heavy atom. The predicted octanol–water partition coefficient (Wildman–Crippen LogP) is 13.2. The van der Waals surface area contributed by atoms with Crippen LogP contribution in [0.1, 0.15) is 96.3 Å². The summed E-state index contributed by atoms with van der Waals surface area (Å²) in [5.74, 6) is 0. The van der Waals surface area contributed by atoms with Gasteiger partial charge in [0.05, 0.1) is 10.9 Å². The molecule has 0 spiro atoms. The van der Waals surface area contributed by atoms with E-state index in [2.05, 4.69) is 146 Å². The summed E-state index contributed by atoms with van der Waals surface area (Å²) in [5, 5.41) is 0. The smallest absolute Gasteiger partial charge is 0.418 e. The summed E-state index contributed by atoms with van der Waals surface area (Å²) < 4.78 is 39.0. The van der Waals surface area contributed by atoms with Crippen LogP contribution in [0.2, 0.25) is 0 Å². The molecule has 54 heavy (non-hydrogen) atoms. The number of halogens is 4. The minimum atomic E-state index is -6.00. The van der Waals surface area contributed by atoms with E-state index in [0.29, 0.717) is 22.6 Å². The Balaban J connectivity index is 0.000000342. The molecule has 0 unspecified atom stereocenters. The van der Waals surface area contributed by atoms with Gasteiger partial charge in [-0.25, -0.2) is 0 Å². The summed E-state index contributed by atoms with van der Waals surface area (Å²) in [7, 11) is -7.18. The Labute approximate surface area is 333 Å². The van der Waals surface area contributed by atoms with Crippen LogP contribution in [0.3, 0.4) is 0 Å². The third-order valence-corrected chi connectivity index (χ3v) is 16.7. The van der Waals surface area contributed by atoms with Gasteiger partial charge in [-0.1, -0.05) is 146 Å². The fourth-order valence-corrected chi connectivity index (χ4v) is 15.2. The number of benzene rings is 4. The molecule has 1 radical (unpaired) electrons. The molecular formula is C44H46BF4N2P2Rh-. The van der Waals surface area contributed by atoms with Crippen LogP contribution in [0.4, 0.5) is 17.3 Å². The first-order valence-corrected chi connectivity index (χ1v) is 21.6. The summed E-state index contributed by atoms with van der Waals surface area (Å²) in [6.07, 6.45) is 22.7. The summed E-state index contributed by atoms with van der Waals surface area (Å²) in [6.45, 7) is 0. The Bertz CT molecular complexity index is 1640. The van der Waals surface area contributed by atoms with Gasteiger partial charge in [-0.05, 0) is 89.5 Å². The van der Waals surface area contributed by atoms with Gasteiger partial charge < -0.3 is 17.3 Å². The SMILES string of the molecule is C1=CCC/C=C\CC1.F[B-](F)(F)F.[Rh].c1ccc([C@H]2CC[C@H](c3ccccc3)P2c2nccnc2P2[C@@H](c3ccccc3)CC[C@@H]2c2ccccc2)cc1. The molecule has 10 heteroatoms. The largest absolute Gasteiger partial charge is 0.673 e. The van der Waals surface area contributed by atoms with Crippen LogP contribution in [0.15, 0.2) is 158 Å². The van der Waals surface area contributed by atoms with Crippen molar-refractivity contribution in [2.24, 2.45) is 0 Å². The Hall–Kier alpha value is -3.29. The molecule has 283 valence electrons. The number of allylic oxidation sites excluding steroid dienone is 4. The van der Waals surface area contributed by atoms with Gasteiger partial charge >= 0.3 is 7.25 Å². The Morgan fingerprint density at radius 2 is 0.630 bits per heavy atom. The zero-order chi connectivity index (χ0) is 36.9. The molecular weight excluding hydrogens is 808 g/mol. The number of rotatable bonds is 6. The van der Waals surface area contributed by atoms with Gasteiger partial charge in [-0.3, -0.25) is 9.97 Å². The summed E-state index contributed by atoms with van der Waals surface area (Å²) in [5.41, 5.74) is 10.5. The topological polar surface area (TPSA) is 25.8 Å². The molecule has 4 atom stereocenters. The molecule has 2 saturated heterocycles. The average Bonchev–Trinajstić information content (AvgIpc) is 3.82. The minimum absolute atomic E-state index is 0. The van der Waals surface area contributed by atoms with Gasteiger partial charge in [0.15, 0.2) is 0 Å². The fraction of sp³-hybridized carbons (Fsp3) is 0.273. The Morgan fingerprint density at radius 3 is 0.852 bits per heavy atom. The van der Waals surface area contributed by atoms with Crippen molar-refractivity contribution in [3.05, 3.63) is 180 Å². The van der Waals surface area contributed by atoms with Crippen LogP contribution < -0.4 is 10.9 Å². The third kappa shape index (κ3) is 11.6. The van der Waals surface area contributed by atoms with Gasteiger partial charge in [0.25, 0.3) is 0 Å². The van der Waals surface area contributed by atoms with Crippen LogP contribution in [-0.2, 0) is 19.5 Å². The summed E-state index contributed by atoms with van der Waals surface area (Å²) in [4.78, 5) is 10.6. The van der Waals surface area contributed by atoms with Crippen molar-refractivity contribution in [1.29, 1.82) is 0 Å². The van der Waals surface area contributed by atoms with E-state index >= 15 is 0 Å². The molecule has 2 aliphatic heterocycles. The molecule has 3 heterocycles. The van der Waals surface area contributed by atoms with Gasteiger partial charge in [0.1, 0.15) is 0 Å². The summed E-state index contributed by atoms with van der Waals surface area (Å²) in [6, 6.07) is 44.9. The van der Waals surface area contributed by atoms with E-state index in [1.807, 2.05) is 12.4 Å². The molecule has 5 aromatic rings. The van der Waals surface area contributed by atoms with E-state index < -0.39 is 23.1 Å². The van der Waals surface area contributed by atoms with E-state index in [4.69, 9.17) is 9.97 Å². The zero-order valence-corrected chi connectivity index (χ0v) is 33.6. The van der Waals surface area contributed by atoms with Crippen molar-refractivity contribution < 1.29 is 36.7 Å². The summed E-state index contributed by atoms with van der Waals surface area (Å²) >= 11 is 0. The van der Waals surface area contributed by atoms with Crippen LogP contribution >= 0.6 is 15.8 Å². The van der Waals surface area contributed by atoms with E-state index in [0.717, 1.165) is 0 Å². The second-order valence-corrected chi connectivity index (χ2v) is 18.4. The van der Waals surface area contributed by atoms with Gasteiger partial charge in [-0.2, -0.15) is 0 Å². The first-order chi connectivity index (χ1) is 25.9. The Kier molecular flexibility index (Phi) is 16.4. The second-order valence-electron chi connectivity index (χ2n) is 13.5. The first kappa shape index (κ1) is 41.9. The third-order valence-electron chi connectivity index (χ3n) is 9.99. The van der Waals surface area contributed by atoms with Gasteiger partial charge in [-0.15, -0.1) is 0 Å². The maximum atomic E-state index is 9.75. The van der Waals surface area contributed by atoms with Gasteiger partial charge in [0, 0.05) is 54.5 Å². The fourth-order valence-electron chi connectivity index (χ4n) is 7.77. The van der Waals surface area contributed by atoms with E-state index in [9.17, 15) is 17.3 Å². The van der Waals surface area contributed by atoms with Crippen molar-refractivity contribution in [3.63, 3.8) is 0 Å². The molecule has 0 bridgehead atoms. The second kappa shape index (κ2) is 21.1. The predicted molar refractivity (Wildman–Crippen MR) is 217 cm³/mol. The maximum Gasteiger partial charge on any atom is 0.673 e. The van der Waals surface area contributed by atoms with Crippen molar-refractivity contribution in [1.82, 2.24) is 9.97 Å². The molecule has 3 aliphatic rings. The van der Waals surface area contributed by atoms with Crippen molar-refractivity contribution >= 4 is 34.0 Å². The number of hydrogen-bond acceptors (Lipinski definition) is 2. The van der Waals surface area contributed by atoms with Crippen LogP contribution in [-0.4, -0.2) is 17.2 Å². The molecule has 0 amide bonds. The molecule has 2 nitrogen and oxygen atoms in total. The molecule has 4 aromatic carbocycles. The molecule has 8 rings (SSSR count).